The van der Waals surface area contributed by atoms with Crippen molar-refractivity contribution in [2.24, 2.45) is 0 Å². The molecular formula is C21H24FNO6. The van der Waals surface area contributed by atoms with Gasteiger partial charge in [-0.15, -0.1) is 0 Å². The number of ether oxygens (including phenoxy) is 4. The molecule has 0 bridgehead atoms. The van der Waals surface area contributed by atoms with Gasteiger partial charge in [0.15, 0.2) is 18.1 Å². The van der Waals surface area contributed by atoms with Crippen molar-refractivity contribution in [2.75, 3.05) is 34.5 Å². The van der Waals surface area contributed by atoms with Crippen LogP contribution in [-0.4, -0.2) is 46.4 Å². The van der Waals surface area contributed by atoms with Crippen molar-refractivity contribution >= 4 is 11.9 Å². The lowest BCUT2D eigenvalue weighted by Gasteiger charge is -2.14. The van der Waals surface area contributed by atoms with E-state index in [0.717, 1.165) is 0 Å². The van der Waals surface area contributed by atoms with Gasteiger partial charge in [0.25, 0.3) is 5.91 Å². The number of halogens is 1. The lowest BCUT2D eigenvalue weighted by Crippen LogP contribution is -2.30. The number of amides is 1. The highest BCUT2D eigenvalue weighted by molar-refractivity contribution is 5.81. The summed E-state index contributed by atoms with van der Waals surface area (Å²) in [6.45, 7) is -0.176. The first-order chi connectivity index (χ1) is 14.0. The average molecular weight is 405 g/mol. The molecule has 7 nitrogen and oxygen atoms in total. The van der Waals surface area contributed by atoms with Gasteiger partial charge in [-0.1, -0.05) is 18.2 Å². The number of carbonyl (C=O) groups is 2. The van der Waals surface area contributed by atoms with Gasteiger partial charge in [-0.25, -0.2) is 4.39 Å². The molecular weight excluding hydrogens is 381 g/mol. The van der Waals surface area contributed by atoms with Crippen LogP contribution >= 0.6 is 0 Å². The second-order valence-corrected chi connectivity index (χ2v) is 6.06. The van der Waals surface area contributed by atoms with Gasteiger partial charge in [0.1, 0.15) is 5.82 Å². The molecule has 29 heavy (non-hydrogen) atoms. The summed E-state index contributed by atoms with van der Waals surface area (Å²) >= 11 is 0. The number of carbonyl (C=O) groups excluding carboxylic acids is 2. The highest BCUT2D eigenvalue weighted by Crippen LogP contribution is 2.38. The third-order valence-corrected chi connectivity index (χ3v) is 4.11. The van der Waals surface area contributed by atoms with E-state index in [4.69, 9.17) is 18.9 Å². The molecule has 0 heterocycles. The van der Waals surface area contributed by atoms with Gasteiger partial charge in [0.2, 0.25) is 5.75 Å². The molecule has 0 fully saturated rings. The van der Waals surface area contributed by atoms with Gasteiger partial charge in [-0.3, -0.25) is 9.59 Å². The number of methoxy groups -OCH3 is 3. The number of benzene rings is 2. The molecule has 1 amide bonds. The molecule has 0 aliphatic carbocycles. The van der Waals surface area contributed by atoms with Crippen molar-refractivity contribution in [2.45, 2.75) is 12.8 Å². The lowest BCUT2D eigenvalue weighted by molar-refractivity contribution is -0.147. The predicted molar refractivity (Wildman–Crippen MR) is 104 cm³/mol. The lowest BCUT2D eigenvalue weighted by atomic mass is 10.1. The van der Waals surface area contributed by atoms with Crippen LogP contribution in [0.1, 0.15) is 11.1 Å². The fourth-order valence-corrected chi connectivity index (χ4v) is 2.69. The van der Waals surface area contributed by atoms with Crippen molar-refractivity contribution in [1.29, 1.82) is 0 Å². The smallest absolute Gasteiger partial charge is 0.310 e. The molecule has 2 aromatic rings. The second kappa shape index (κ2) is 10.9. The Morgan fingerprint density at radius 1 is 1.00 bits per heavy atom. The predicted octanol–water partition coefficient (Wildman–Crippen LogP) is 2.30. The van der Waals surface area contributed by atoms with E-state index in [1.807, 2.05) is 0 Å². The Bertz CT molecular complexity index is 830. The Morgan fingerprint density at radius 2 is 1.66 bits per heavy atom. The van der Waals surface area contributed by atoms with Gasteiger partial charge in [0.05, 0.1) is 27.8 Å². The topological polar surface area (TPSA) is 83.1 Å². The van der Waals surface area contributed by atoms with Crippen molar-refractivity contribution in [3.05, 3.63) is 53.3 Å². The van der Waals surface area contributed by atoms with Crippen molar-refractivity contribution in [3.8, 4) is 17.2 Å². The first kappa shape index (κ1) is 22.0. The van der Waals surface area contributed by atoms with E-state index in [2.05, 4.69) is 5.32 Å². The standard InChI is InChI=1S/C21H24FNO6/c1-26-17-10-14(11-18(27-2)21(17)28-3)12-20(25)29-13-19(24)23-9-8-15-6-4-5-7-16(15)22/h4-7,10-11H,8-9,12-13H2,1-3H3,(H,23,24). The van der Waals surface area contributed by atoms with Crippen LogP contribution in [0, 0.1) is 5.82 Å². The first-order valence-electron chi connectivity index (χ1n) is 8.93. The minimum Gasteiger partial charge on any atom is -0.493 e. The maximum atomic E-state index is 13.5. The van der Waals surface area contributed by atoms with Gasteiger partial charge >= 0.3 is 5.97 Å². The Kier molecular flexibility index (Phi) is 8.27. The molecule has 0 aromatic heterocycles. The van der Waals surface area contributed by atoms with Crippen LogP contribution in [0.4, 0.5) is 4.39 Å². The summed E-state index contributed by atoms with van der Waals surface area (Å²) in [7, 11) is 4.44. The minimum atomic E-state index is -0.580. The molecule has 0 spiro atoms. The zero-order chi connectivity index (χ0) is 21.2. The van der Waals surface area contributed by atoms with E-state index in [1.54, 1.807) is 30.3 Å². The van der Waals surface area contributed by atoms with E-state index >= 15 is 0 Å². The van der Waals surface area contributed by atoms with Crippen molar-refractivity contribution < 1.29 is 32.9 Å². The first-order valence-corrected chi connectivity index (χ1v) is 8.93. The van der Waals surface area contributed by atoms with Gasteiger partial charge in [-0.05, 0) is 35.7 Å². The monoisotopic (exact) mass is 405 g/mol. The Labute approximate surface area is 168 Å². The summed E-state index contributed by atoms with van der Waals surface area (Å²) in [5.41, 5.74) is 1.09. The Hall–Kier alpha value is -3.29. The number of rotatable bonds is 10. The third kappa shape index (κ3) is 6.38. The van der Waals surface area contributed by atoms with E-state index < -0.39 is 18.5 Å². The van der Waals surface area contributed by atoms with E-state index in [1.165, 1.54) is 27.4 Å². The summed E-state index contributed by atoms with van der Waals surface area (Å²) in [4.78, 5) is 23.9. The fourth-order valence-electron chi connectivity index (χ4n) is 2.69. The highest BCUT2D eigenvalue weighted by atomic mass is 19.1. The largest absolute Gasteiger partial charge is 0.493 e. The fraction of sp³-hybridized carbons (Fsp3) is 0.333. The molecule has 0 unspecified atom stereocenters. The van der Waals surface area contributed by atoms with Gasteiger partial charge in [-0.2, -0.15) is 0 Å². The number of hydrogen-bond acceptors (Lipinski definition) is 6. The van der Waals surface area contributed by atoms with E-state index in [9.17, 15) is 14.0 Å². The van der Waals surface area contributed by atoms with Crippen LogP contribution in [-0.2, 0) is 27.2 Å². The number of nitrogens with one attached hydrogen (secondary N) is 1. The molecule has 0 radical (unpaired) electrons. The summed E-state index contributed by atoms with van der Waals surface area (Å²) in [5, 5.41) is 2.59. The van der Waals surface area contributed by atoms with E-state index in [0.29, 0.717) is 34.8 Å². The molecule has 0 aliphatic rings. The maximum absolute atomic E-state index is 13.5. The molecule has 0 aliphatic heterocycles. The van der Waals surface area contributed by atoms with Crippen molar-refractivity contribution in [1.82, 2.24) is 5.32 Å². The SMILES string of the molecule is COc1cc(CC(=O)OCC(=O)NCCc2ccccc2F)cc(OC)c1OC. The van der Waals surface area contributed by atoms with Crippen LogP contribution in [0.2, 0.25) is 0 Å². The van der Waals surface area contributed by atoms with Crippen LogP contribution < -0.4 is 19.5 Å². The number of esters is 1. The molecule has 0 atom stereocenters. The second-order valence-electron chi connectivity index (χ2n) is 6.06. The van der Waals surface area contributed by atoms with Crippen LogP contribution in [0.15, 0.2) is 36.4 Å². The van der Waals surface area contributed by atoms with Gasteiger partial charge < -0.3 is 24.3 Å². The molecule has 0 saturated heterocycles. The van der Waals surface area contributed by atoms with Gasteiger partial charge in [0, 0.05) is 6.54 Å². The Balaban J connectivity index is 1.82. The molecule has 0 saturated carbocycles. The maximum Gasteiger partial charge on any atom is 0.310 e. The average Bonchev–Trinajstić information content (AvgIpc) is 2.72. The molecule has 1 N–H and O–H groups in total. The van der Waals surface area contributed by atoms with Crippen LogP contribution in [0.25, 0.3) is 0 Å². The number of hydrogen-bond donors (Lipinski definition) is 1. The Morgan fingerprint density at radius 3 is 2.24 bits per heavy atom. The highest BCUT2D eigenvalue weighted by Gasteiger charge is 2.16. The summed E-state index contributed by atoms with van der Waals surface area (Å²) in [5.74, 6) is -0.107. The molecule has 156 valence electrons. The molecule has 2 aromatic carbocycles. The van der Waals surface area contributed by atoms with Crippen LogP contribution in [0.5, 0.6) is 17.2 Å². The summed E-state index contributed by atoms with van der Waals surface area (Å²) in [6, 6.07) is 9.62. The quantitative estimate of drug-likeness (QED) is 0.611. The normalized spacial score (nSPS) is 10.2. The summed E-state index contributed by atoms with van der Waals surface area (Å²) in [6.07, 6.45) is 0.275. The van der Waals surface area contributed by atoms with Crippen LogP contribution in [0.3, 0.4) is 0 Å². The zero-order valence-electron chi connectivity index (χ0n) is 16.6. The van der Waals surface area contributed by atoms with Crippen molar-refractivity contribution in [3.63, 3.8) is 0 Å². The van der Waals surface area contributed by atoms with E-state index in [-0.39, 0.29) is 18.8 Å². The molecule has 2 rings (SSSR count). The minimum absolute atomic E-state index is 0.0702. The third-order valence-electron chi connectivity index (χ3n) is 4.11. The zero-order valence-corrected chi connectivity index (χ0v) is 16.6. The molecule has 8 heteroatoms. The summed E-state index contributed by atoms with van der Waals surface area (Å²) < 4.78 is 34.2.